The Morgan fingerprint density at radius 3 is 2.32 bits per heavy atom. The van der Waals surface area contributed by atoms with E-state index < -0.39 is 11.5 Å². The standard InChI is InChI=1S/C26H30N2O3/c1-4-28(23-13-7-11-20-10-5-6-12-22(20)23)18-8-9-19-14-16-21(17-15-19)24(29)27-26(2,3)25(30)31/h5-7,10-17H,4,8-9,18H2,1-3H3,(H,27,29)(H,30,31). The van der Waals surface area contributed by atoms with Gasteiger partial charge >= 0.3 is 5.97 Å². The zero-order valence-corrected chi connectivity index (χ0v) is 18.4. The molecule has 0 aromatic heterocycles. The van der Waals surface area contributed by atoms with Crippen LogP contribution in [0.15, 0.2) is 66.7 Å². The van der Waals surface area contributed by atoms with Gasteiger partial charge in [0.25, 0.3) is 5.91 Å². The van der Waals surface area contributed by atoms with Crippen molar-refractivity contribution in [1.82, 2.24) is 5.32 Å². The molecular weight excluding hydrogens is 388 g/mol. The van der Waals surface area contributed by atoms with Gasteiger partial charge in [0.2, 0.25) is 0 Å². The van der Waals surface area contributed by atoms with Gasteiger partial charge in [0.05, 0.1) is 0 Å². The van der Waals surface area contributed by atoms with E-state index in [4.69, 9.17) is 5.11 Å². The van der Waals surface area contributed by atoms with Gasteiger partial charge in [0.1, 0.15) is 5.54 Å². The van der Waals surface area contributed by atoms with Crippen molar-refractivity contribution in [3.63, 3.8) is 0 Å². The van der Waals surface area contributed by atoms with Crippen molar-refractivity contribution in [2.45, 2.75) is 39.2 Å². The van der Waals surface area contributed by atoms with E-state index in [0.717, 1.165) is 31.5 Å². The minimum absolute atomic E-state index is 0.382. The number of carbonyl (C=O) groups excluding carboxylic acids is 1. The van der Waals surface area contributed by atoms with Gasteiger partial charge in [-0.1, -0.05) is 48.5 Å². The van der Waals surface area contributed by atoms with Crippen LogP contribution in [-0.4, -0.2) is 35.6 Å². The van der Waals surface area contributed by atoms with E-state index in [1.807, 2.05) is 12.1 Å². The van der Waals surface area contributed by atoms with Crippen LogP contribution in [0.2, 0.25) is 0 Å². The van der Waals surface area contributed by atoms with Crippen molar-refractivity contribution in [2.75, 3.05) is 18.0 Å². The Hall–Kier alpha value is -3.34. The molecule has 5 nitrogen and oxygen atoms in total. The smallest absolute Gasteiger partial charge is 0.328 e. The van der Waals surface area contributed by atoms with E-state index in [2.05, 4.69) is 59.6 Å². The number of anilines is 1. The fourth-order valence-electron chi connectivity index (χ4n) is 3.64. The topological polar surface area (TPSA) is 69.6 Å². The highest BCUT2D eigenvalue weighted by Crippen LogP contribution is 2.26. The number of hydrogen-bond acceptors (Lipinski definition) is 3. The van der Waals surface area contributed by atoms with E-state index in [-0.39, 0.29) is 5.91 Å². The predicted molar refractivity (Wildman–Crippen MR) is 126 cm³/mol. The third kappa shape index (κ3) is 5.43. The predicted octanol–water partition coefficient (Wildman–Crippen LogP) is 4.89. The second kappa shape index (κ2) is 9.65. The van der Waals surface area contributed by atoms with Crippen molar-refractivity contribution >= 4 is 28.3 Å². The number of aliphatic carboxylic acids is 1. The molecule has 0 fully saturated rings. The fourth-order valence-corrected chi connectivity index (χ4v) is 3.64. The number of rotatable bonds is 9. The number of nitrogens with zero attached hydrogens (tertiary/aromatic N) is 1. The van der Waals surface area contributed by atoms with Gasteiger partial charge in [-0.25, -0.2) is 4.79 Å². The van der Waals surface area contributed by atoms with Crippen LogP contribution in [0.3, 0.4) is 0 Å². The minimum Gasteiger partial charge on any atom is -0.480 e. The minimum atomic E-state index is -1.30. The molecule has 3 aromatic carbocycles. The maximum absolute atomic E-state index is 12.3. The first kappa shape index (κ1) is 22.3. The summed E-state index contributed by atoms with van der Waals surface area (Å²) in [6, 6.07) is 22.3. The largest absolute Gasteiger partial charge is 0.480 e. The molecule has 0 aliphatic rings. The summed E-state index contributed by atoms with van der Waals surface area (Å²) in [5.74, 6) is -1.45. The maximum atomic E-state index is 12.3. The van der Waals surface area contributed by atoms with Gasteiger partial charge in [0.15, 0.2) is 0 Å². The summed E-state index contributed by atoms with van der Waals surface area (Å²) in [5, 5.41) is 14.2. The monoisotopic (exact) mass is 418 g/mol. The zero-order valence-electron chi connectivity index (χ0n) is 18.4. The van der Waals surface area contributed by atoms with Crippen LogP contribution in [-0.2, 0) is 11.2 Å². The molecule has 31 heavy (non-hydrogen) atoms. The molecule has 5 heteroatoms. The molecule has 3 rings (SSSR count). The Kier molecular flexibility index (Phi) is 6.95. The molecule has 0 spiro atoms. The number of carboxylic acid groups (broad SMARTS) is 1. The van der Waals surface area contributed by atoms with Crippen molar-refractivity contribution < 1.29 is 14.7 Å². The number of carboxylic acids is 1. The van der Waals surface area contributed by atoms with Gasteiger partial charge in [-0.15, -0.1) is 0 Å². The van der Waals surface area contributed by atoms with E-state index in [1.54, 1.807) is 12.1 Å². The highest BCUT2D eigenvalue weighted by atomic mass is 16.4. The lowest BCUT2D eigenvalue weighted by Crippen LogP contribution is -2.49. The Balaban J connectivity index is 1.60. The summed E-state index contributed by atoms with van der Waals surface area (Å²) in [5.41, 5.74) is 1.57. The maximum Gasteiger partial charge on any atom is 0.328 e. The highest BCUT2D eigenvalue weighted by Gasteiger charge is 2.29. The molecule has 0 saturated carbocycles. The number of carbonyl (C=O) groups is 2. The van der Waals surface area contributed by atoms with E-state index >= 15 is 0 Å². The molecule has 3 aromatic rings. The third-order valence-electron chi connectivity index (χ3n) is 5.56. The van der Waals surface area contributed by atoms with Crippen LogP contribution in [0.25, 0.3) is 10.8 Å². The Morgan fingerprint density at radius 1 is 0.968 bits per heavy atom. The second-order valence-corrected chi connectivity index (χ2v) is 8.26. The van der Waals surface area contributed by atoms with Crippen molar-refractivity contribution in [2.24, 2.45) is 0 Å². The summed E-state index contributed by atoms with van der Waals surface area (Å²) >= 11 is 0. The Morgan fingerprint density at radius 2 is 1.65 bits per heavy atom. The molecule has 0 aliphatic heterocycles. The average Bonchev–Trinajstić information content (AvgIpc) is 2.76. The summed E-state index contributed by atoms with van der Waals surface area (Å²) in [6.07, 6.45) is 1.90. The van der Waals surface area contributed by atoms with Crippen molar-refractivity contribution in [3.8, 4) is 0 Å². The number of nitrogens with one attached hydrogen (secondary N) is 1. The van der Waals surface area contributed by atoms with Crippen LogP contribution in [0.1, 0.15) is 43.1 Å². The second-order valence-electron chi connectivity index (χ2n) is 8.26. The summed E-state index contributed by atoms with van der Waals surface area (Å²) in [4.78, 5) is 25.9. The third-order valence-corrected chi connectivity index (χ3v) is 5.56. The van der Waals surface area contributed by atoms with E-state index in [1.165, 1.54) is 30.3 Å². The normalized spacial score (nSPS) is 11.3. The van der Waals surface area contributed by atoms with E-state index in [0.29, 0.717) is 5.56 Å². The van der Waals surface area contributed by atoms with Gasteiger partial charge in [0, 0.05) is 29.7 Å². The van der Waals surface area contributed by atoms with Crippen molar-refractivity contribution in [1.29, 1.82) is 0 Å². The first-order valence-corrected chi connectivity index (χ1v) is 10.7. The number of amides is 1. The number of hydrogen-bond donors (Lipinski definition) is 2. The van der Waals surface area contributed by atoms with Crippen molar-refractivity contribution in [3.05, 3.63) is 77.9 Å². The van der Waals surface area contributed by atoms with Crippen LogP contribution in [0, 0.1) is 0 Å². The molecule has 0 unspecified atom stereocenters. The summed E-state index contributed by atoms with van der Waals surface area (Å²) in [6.45, 7) is 6.99. The van der Waals surface area contributed by atoms with Gasteiger partial charge in [-0.05, 0) is 62.8 Å². The summed E-state index contributed by atoms with van der Waals surface area (Å²) in [7, 11) is 0. The lowest BCUT2D eigenvalue weighted by atomic mass is 10.0. The molecule has 0 heterocycles. The lowest BCUT2D eigenvalue weighted by molar-refractivity contribution is -0.143. The quantitative estimate of drug-likeness (QED) is 0.519. The van der Waals surface area contributed by atoms with Gasteiger partial charge < -0.3 is 15.3 Å². The molecule has 1 amide bonds. The zero-order chi connectivity index (χ0) is 22.4. The molecule has 0 aliphatic carbocycles. The molecule has 0 radical (unpaired) electrons. The average molecular weight is 419 g/mol. The van der Waals surface area contributed by atoms with Gasteiger partial charge in [-0.3, -0.25) is 4.79 Å². The summed E-state index contributed by atoms with van der Waals surface area (Å²) < 4.78 is 0. The highest BCUT2D eigenvalue weighted by molar-refractivity contribution is 5.97. The van der Waals surface area contributed by atoms with Crippen LogP contribution < -0.4 is 10.2 Å². The first-order chi connectivity index (χ1) is 14.8. The Bertz CT molecular complexity index is 1050. The van der Waals surface area contributed by atoms with E-state index in [9.17, 15) is 9.59 Å². The molecule has 162 valence electrons. The molecular formula is C26H30N2O3. The Labute approximate surface area is 183 Å². The molecule has 0 bridgehead atoms. The first-order valence-electron chi connectivity index (χ1n) is 10.7. The van der Waals surface area contributed by atoms with Gasteiger partial charge in [-0.2, -0.15) is 0 Å². The molecule has 2 N–H and O–H groups in total. The number of aryl methyl sites for hydroxylation is 1. The van der Waals surface area contributed by atoms with Crippen LogP contribution in [0.4, 0.5) is 5.69 Å². The van der Waals surface area contributed by atoms with Crippen LogP contribution >= 0.6 is 0 Å². The lowest BCUT2D eigenvalue weighted by Gasteiger charge is -2.25. The SMILES string of the molecule is CCN(CCCc1ccc(C(=O)NC(C)(C)C(=O)O)cc1)c1cccc2ccccc12. The molecule has 0 atom stereocenters. The number of benzene rings is 3. The van der Waals surface area contributed by atoms with Crippen LogP contribution in [0.5, 0.6) is 0 Å². The fraction of sp³-hybridized carbons (Fsp3) is 0.308. The molecule has 0 saturated heterocycles. The number of fused-ring (bicyclic) bond motifs is 1.